The summed E-state index contributed by atoms with van der Waals surface area (Å²) >= 11 is 11.0. The van der Waals surface area contributed by atoms with E-state index in [1.807, 2.05) is 0 Å². The van der Waals surface area contributed by atoms with Crippen LogP contribution in [0.25, 0.3) is 0 Å². The Labute approximate surface area is 79.3 Å². The summed E-state index contributed by atoms with van der Waals surface area (Å²) in [7, 11) is 3.10. The maximum atomic E-state index is 5.52. The highest BCUT2D eigenvalue weighted by Crippen LogP contribution is 2.11. The molecule has 0 spiro atoms. The van der Waals surface area contributed by atoms with Gasteiger partial charge in [0, 0.05) is 7.05 Å². The smallest absolute Gasteiger partial charge is 0.255 e. The Hall–Kier alpha value is -0.650. The fourth-order valence-electron chi connectivity index (χ4n) is 0.539. The van der Waals surface area contributed by atoms with Crippen molar-refractivity contribution < 1.29 is 4.84 Å². The average molecular weight is 209 g/mol. The summed E-state index contributed by atoms with van der Waals surface area (Å²) in [6, 6.07) is 0. The lowest BCUT2D eigenvalue weighted by molar-refractivity contribution is 0.180. The zero-order chi connectivity index (χ0) is 9.14. The van der Waals surface area contributed by atoms with Crippen molar-refractivity contribution in [1.29, 1.82) is 0 Å². The highest BCUT2D eigenvalue weighted by molar-refractivity contribution is 6.31. The molecule has 5 nitrogen and oxygen atoms in total. The second-order valence-corrected chi connectivity index (χ2v) is 2.53. The number of nitrogens with zero attached hydrogens (tertiary/aromatic N) is 4. The Balaban J connectivity index is 3.00. The van der Waals surface area contributed by atoms with E-state index in [4.69, 9.17) is 28.0 Å². The Kier molecular flexibility index (Phi) is 3.02. The third kappa shape index (κ3) is 2.17. The minimum Gasteiger partial charge on any atom is -0.274 e. The highest BCUT2D eigenvalue weighted by atomic mass is 35.5. The number of anilines is 1. The van der Waals surface area contributed by atoms with E-state index in [2.05, 4.69) is 15.0 Å². The van der Waals surface area contributed by atoms with Crippen LogP contribution in [0.3, 0.4) is 0 Å². The van der Waals surface area contributed by atoms with Crippen molar-refractivity contribution >= 4 is 29.2 Å². The lowest BCUT2D eigenvalue weighted by Gasteiger charge is -2.12. The number of hydroxylamine groups is 1. The Morgan fingerprint density at radius 1 is 1.17 bits per heavy atom. The Morgan fingerprint density at radius 2 is 1.67 bits per heavy atom. The highest BCUT2D eigenvalue weighted by Gasteiger charge is 2.06. The van der Waals surface area contributed by atoms with E-state index in [9.17, 15) is 0 Å². The molecule has 1 aromatic heterocycles. The average Bonchev–Trinajstić information content (AvgIpc) is 2.01. The largest absolute Gasteiger partial charge is 0.274 e. The first kappa shape index (κ1) is 9.44. The van der Waals surface area contributed by atoms with Gasteiger partial charge in [0.15, 0.2) is 0 Å². The molecule has 0 saturated heterocycles. The number of hydrogen-bond donors (Lipinski definition) is 0. The van der Waals surface area contributed by atoms with Gasteiger partial charge in [0.1, 0.15) is 0 Å². The molecule has 7 heteroatoms. The third-order valence-electron chi connectivity index (χ3n) is 1.12. The van der Waals surface area contributed by atoms with Crippen LogP contribution < -0.4 is 5.06 Å². The monoisotopic (exact) mass is 208 g/mol. The topological polar surface area (TPSA) is 51.1 Å². The summed E-state index contributed by atoms with van der Waals surface area (Å²) in [4.78, 5) is 15.9. The molecular formula is C5H6Cl2N4O. The molecular weight excluding hydrogens is 203 g/mol. The van der Waals surface area contributed by atoms with Gasteiger partial charge in [-0.05, 0) is 23.2 Å². The second kappa shape index (κ2) is 3.84. The van der Waals surface area contributed by atoms with Crippen LogP contribution in [0.1, 0.15) is 0 Å². The van der Waals surface area contributed by atoms with Crippen molar-refractivity contribution in [1.82, 2.24) is 15.0 Å². The summed E-state index contributed by atoms with van der Waals surface area (Å²) in [5.41, 5.74) is 0. The molecule has 0 N–H and O–H groups in total. The molecule has 0 radical (unpaired) electrons. The number of aromatic nitrogens is 3. The van der Waals surface area contributed by atoms with Crippen LogP contribution in [0, 0.1) is 0 Å². The van der Waals surface area contributed by atoms with Crippen LogP contribution >= 0.6 is 23.2 Å². The standard InChI is InChI=1S/C5H6Cl2N4O/c1-11(12-2)5-9-3(6)8-4(7)10-5/h1-2H3. The van der Waals surface area contributed by atoms with Crippen molar-refractivity contribution in [2.24, 2.45) is 0 Å². The van der Waals surface area contributed by atoms with Crippen molar-refractivity contribution in [3.63, 3.8) is 0 Å². The fourth-order valence-corrected chi connectivity index (χ4v) is 0.893. The van der Waals surface area contributed by atoms with Gasteiger partial charge in [-0.25, -0.2) is 5.06 Å². The molecule has 0 unspecified atom stereocenters. The van der Waals surface area contributed by atoms with Crippen LogP contribution in [0.15, 0.2) is 0 Å². The van der Waals surface area contributed by atoms with Crippen molar-refractivity contribution in [3.8, 4) is 0 Å². The summed E-state index contributed by atoms with van der Waals surface area (Å²) < 4.78 is 0. The Morgan fingerprint density at radius 3 is 2.08 bits per heavy atom. The summed E-state index contributed by atoms with van der Waals surface area (Å²) in [6.45, 7) is 0. The minimum absolute atomic E-state index is 0.0360. The van der Waals surface area contributed by atoms with Gasteiger partial charge in [-0.1, -0.05) is 0 Å². The quantitative estimate of drug-likeness (QED) is 0.684. The van der Waals surface area contributed by atoms with Crippen molar-refractivity contribution in [3.05, 3.63) is 10.6 Å². The van der Waals surface area contributed by atoms with E-state index in [0.717, 1.165) is 0 Å². The molecule has 0 aliphatic carbocycles. The molecule has 0 aliphatic rings. The molecule has 1 aromatic rings. The fraction of sp³-hybridized carbons (Fsp3) is 0.400. The van der Waals surface area contributed by atoms with E-state index in [0.29, 0.717) is 0 Å². The van der Waals surface area contributed by atoms with E-state index in [-0.39, 0.29) is 16.5 Å². The lowest BCUT2D eigenvalue weighted by atomic mass is 10.9. The molecule has 0 bridgehead atoms. The molecule has 66 valence electrons. The summed E-state index contributed by atoms with van der Waals surface area (Å²) in [5.74, 6) is 0.266. The molecule has 0 fully saturated rings. The summed E-state index contributed by atoms with van der Waals surface area (Å²) in [5, 5.41) is 1.39. The van der Waals surface area contributed by atoms with E-state index >= 15 is 0 Å². The zero-order valence-electron chi connectivity index (χ0n) is 6.45. The van der Waals surface area contributed by atoms with Gasteiger partial charge in [0.05, 0.1) is 7.11 Å². The molecule has 1 rings (SSSR count). The van der Waals surface area contributed by atoms with Crippen LogP contribution in [0.4, 0.5) is 5.95 Å². The van der Waals surface area contributed by atoms with Gasteiger partial charge in [-0.15, -0.1) is 0 Å². The second-order valence-electron chi connectivity index (χ2n) is 1.85. The normalized spacial score (nSPS) is 10.0. The lowest BCUT2D eigenvalue weighted by Crippen LogP contribution is -2.18. The first-order valence-corrected chi connectivity index (χ1v) is 3.74. The van der Waals surface area contributed by atoms with Gasteiger partial charge in [0.2, 0.25) is 10.6 Å². The first-order chi connectivity index (χ1) is 5.63. The molecule has 0 amide bonds. The number of halogens is 2. The molecule has 0 aliphatic heterocycles. The van der Waals surface area contributed by atoms with Crippen LogP contribution in [0.5, 0.6) is 0 Å². The molecule has 0 atom stereocenters. The SMILES string of the molecule is CON(C)c1nc(Cl)nc(Cl)n1. The first-order valence-electron chi connectivity index (χ1n) is 2.98. The molecule has 12 heavy (non-hydrogen) atoms. The predicted octanol–water partition coefficient (Wildman–Crippen LogP) is 1.18. The maximum absolute atomic E-state index is 5.52. The molecule has 1 heterocycles. The van der Waals surface area contributed by atoms with E-state index in [1.165, 1.54) is 12.2 Å². The molecule has 0 aromatic carbocycles. The molecule has 0 saturated carbocycles. The zero-order valence-corrected chi connectivity index (χ0v) is 7.96. The maximum Gasteiger partial charge on any atom is 0.255 e. The third-order valence-corrected chi connectivity index (χ3v) is 1.46. The summed E-state index contributed by atoms with van der Waals surface area (Å²) in [6.07, 6.45) is 0. The van der Waals surface area contributed by atoms with Crippen LogP contribution in [0.2, 0.25) is 10.6 Å². The van der Waals surface area contributed by atoms with Gasteiger partial charge >= 0.3 is 0 Å². The number of rotatable bonds is 2. The van der Waals surface area contributed by atoms with Gasteiger partial charge in [-0.2, -0.15) is 15.0 Å². The Bertz CT molecular complexity index is 262. The minimum atomic E-state index is 0.0360. The van der Waals surface area contributed by atoms with Crippen LogP contribution in [-0.4, -0.2) is 29.1 Å². The van der Waals surface area contributed by atoms with Gasteiger partial charge < -0.3 is 0 Å². The van der Waals surface area contributed by atoms with E-state index in [1.54, 1.807) is 7.05 Å². The van der Waals surface area contributed by atoms with Crippen LogP contribution in [-0.2, 0) is 4.84 Å². The van der Waals surface area contributed by atoms with Crippen molar-refractivity contribution in [2.75, 3.05) is 19.2 Å². The van der Waals surface area contributed by atoms with Crippen molar-refractivity contribution in [2.45, 2.75) is 0 Å². The number of hydrogen-bond acceptors (Lipinski definition) is 5. The van der Waals surface area contributed by atoms with E-state index < -0.39 is 0 Å². The predicted molar refractivity (Wildman–Crippen MR) is 45.3 cm³/mol. The van der Waals surface area contributed by atoms with Gasteiger partial charge in [0.25, 0.3) is 5.95 Å². The van der Waals surface area contributed by atoms with Gasteiger partial charge in [-0.3, -0.25) is 4.84 Å².